The highest BCUT2D eigenvalue weighted by molar-refractivity contribution is 6.69. The summed E-state index contributed by atoms with van der Waals surface area (Å²) in [6.45, 7) is 6.25. The van der Waals surface area contributed by atoms with Crippen LogP contribution in [-0.4, -0.2) is 35.4 Å². The van der Waals surface area contributed by atoms with Gasteiger partial charge in [-0.05, 0) is 73.7 Å². The normalized spacial score (nSPS) is 12.1. The topological polar surface area (TPSA) is 57.2 Å². The molecule has 0 spiro atoms. The van der Waals surface area contributed by atoms with Gasteiger partial charge in [0, 0.05) is 5.56 Å². The highest BCUT2D eigenvalue weighted by Crippen LogP contribution is 2.38. The average Bonchev–Trinajstić information content (AvgIpc) is 2.83. The Hall–Kier alpha value is -3.29. The number of hydrogen-bond donors (Lipinski definition) is 0. The van der Waals surface area contributed by atoms with Crippen molar-refractivity contribution in [3.8, 4) is 17.2 Å². The van der Waals surface area contributed by atoms with Crippen LogP contribution in [-0.2, 0) is 4.53 Å². The van der Waals surface area contributed by atoms with Crippen LogP contribution in [0.3, 0.4) is 0 Å². The summed E-state index contributed by atoms with van der Waals surface area (Å²) in [5, 5.41) is 1.71. The number of nitrogens with zero attached hydrogens (tertiary/aromatic N) is 1. The Bertz CT molecular complexity index is 1060. The fourth-order valence-electron chi connectivity index (χ4n) is 3.44. The number of ether oxygens (including phenoxy) is 3. The van der Waals surface area contributed by atoms with Crippen molar-refractivity contribution < 1.29 is 23.5 Å². The predicted molar refractivity (Wildman–Crippen MR) is 133 cm³/mol. The first-order valence-electron chi connectivity index (χ1n) is 10.7. The van der Waals surface area contributed by atoms with Crippen LogP contribution in [0.15, 0.2) is 72.8 Å². The van der Waals surface area contributed by atoms with Crippen LogP contribution < -0.4 is 19.3 Å². The number of Topliss-reactive ketones (excluding diaryl/α,β-unsaturated/α-hetero) is 1. The van der Waals surface area contributed by atoms with Crippen molar-refractivity contribution >= 4 is 19.8 Å². The van der Waals surface area contributed by atoms with Crippen molar-refractivity contribution in [1.29, 1.82) is 0 Å². The Morgan fingerprint density at radius 2 is 1.30 bits per heavy atom. The second kappa shape index (κ2) is 10.5. The zero-order chi connectivity index (χ0) is 24.0. The van der Waals surface area contributed by atoms with E-state index in [9.17, 15) is 4.79 Å². The summed E-state index contributed by atoms with van der Waals surface area (Å²) in [7, 11) is 2.68. The van der Waals surface area contributed by atoms with Gasteiger partial charge in [-0.25, -0.2) is 5.06 Å². The molecule has 6 nitrogen and oxygen atoms in total. The van der Waals surface area contributed by atoms with E-state index in [4.69, 9.17) is 18.7 Å². The number of rotatable bonds is 10. The van der Waals surface area contributed by atoms with Gasteiger partial charge in [0.1, 0.15) is 29.0 Å². The van der Waals surface area contributed by atoms with Crippen LogP contribution in [0.4, 0.5) is 5.69 Å². The fourth-order valence-corrected chi connectivity index (χ4v) is 4.23. The number of ketones is 1. The van der Waals surface area contributed by atoms with Crippen LogP contribution in [0.25, 0.3) is 0 Å². The zero-order valence-corrected chi connectivity index (χ0v) is 21.0. The Morgan fingerprint density at radius 1 is 0.758 bits per heavy atom. The average molecular weight is 466 g/mol. The molecule has 0 heterocycles. The predicted octanol–water partition coefficient (Wildman–Crippen LogP) is 5.91. The summed E-state index contributed by atoms with van der Waals surface area (Å²) in [6.07, 6.45) is 0. The second-order valence-corrected chi connectivity index (χ2v) is 12.9. The maximum Gasteiger partial charge on any atom is 0.220 e. The van der Waals surface area contributed by atoms with Gasteiger partial charge in [-0.1, -0.05) is 24.3 Å². The van der Waals surface area contributed by atoms with Gasteiger partial charge >= 0.3 is 0 Å². The lowest BCUT2D eigenvalue weighted by Gasteiger charge is -2.37. The first-order valence-corrected chi connectivity index (χ1v) is 14.1. The Balaban J connectivity index is 2.18. The van der Waals surface area contributed by atoms with Crippen molar-refractivity contribution in [3.63, 3.8) is 0 Å². The molecule has 0 bridgehead atoms. The van der Waals surface area contributed by atoms with Gasteiger partial charge < -0.3 is 18.7 Å². The Labute approximate surface area is 196 Å². The molecule has 0 aliphatic carbocycles. The van der Waals surface area contributed by atoms with Crippen LogP contribution in [0.2, 0.25) is 19.6 Å². The standard InChI is InChI=1S/C26H31NO5Si/c1-29-21-15-11-19(12-16-21)25(26(28)20-13-17-22(30-2)18-14-20)27(32-33(4,5)6)23-9-7-8-10-24(23)31-3/h7-18,25H,1-6H3. The van der Waals surface area contributed by atoms with Crippen molar-refractivity contribution in [2.45, 2.75) is 25.7 Å². The number of hydroxylamine groups is 1. The highest BCUT2D eigenvalue weighted by Gasteiger charge is 2.35. The van der Waals surface area contributed by atoms with Gasteiger partial charge in [-0.3, -0.25) is 4.79 Å². The molecule has 1 atom stereocenters. The molecular formula is C26H31NO5Si. The van der Waals surface area contributed by atoms with Gasteiger partial charge in [-0.2, -0.15) is 0 Å². The fraction of sp³-hybridized carbons (Fsp3) is 0.269. The van der Waals surface area contributed by atoms with E-state index in [1.54, 1.807) is 50.7 Å². The Morgan fingerprint density at radius 3 is 1.82 bits per heavy atom. The molecule has 0 N–H and O–H groups in total. The van der Waals surface area contributed by atoms with Crippen LogP contribution >= 0.6 is 0 Å². The van der Waals surface area contributed by atoms with Gasteiger partial charge in [-0.15, -0.1) is 0 Å². The highest BCUT2D eigenvalue weighted by atomic mass is 28.4. The zero-order valence-electron chi connectivity index (χ0n) is 20.0. The summed E-state index contributed by atoms with van der Waals surface area (Å²) in [4.78, 5) is 14.0. The molecule has 1 unspecified atom stereocenters. The number of carbonyl (C=O) groups is 1. The largest absolute Gasteiger partial charge is 0.497 e. The first kappa shape index (κ1) is 24.4. The van der Waals surface area contributed by atoms with Crippen LogP contribution in [0.5, 0.6) is 17.2 Å². The summed E-state index contributed by atoms with van der Waals surface area (Å²) < 4.78 is 22.8. The lowest BCUT2D eigenvalue weighted by atomic mass is 9.96. The molecule has 0 aromatic heterocycles. The molecule has 7 heteroatoms. The lowest BCUT2D eigenvalue weighted by Crippen LogP contribution is -2.42. The summed E-state index contributed by atoms with van der Waals surface area (Å²) in [6, 6.07) is 21.4. The number of para-hydroxylation sites is 2. The van der Waals surface area contributed by atoms with E-state index in [1.165, 1.54) is 0 Å². The molecule has 3 aromatic carbocycles. The molecule has 3 rings (SSSR count). The molecule has 0 aliphatic heterocycles. The molecule has 3 aromatic rings. The monoisotopic (exact) mass is 465 g/mol. The van der Waals surface area contributed by atoms with Gasteiger partial charge in [0.05, 0.1) is 21.3 Å². The van der Waals surface area contributed by atoms with Crippen molar-refractivity contribution in [3.05, 3.63) is 83.9 Å². The molecule has 0 aliphatic rings. The maximum atomic E-state index is 14.0. The van der Waals surface area contributed by atoms with E-state index >= 15 is 0 Å². The number of methoxy groups -OCH3 is 3. The molecule has 174 valence electrons. The minimum absolute atomic E-state index is 0.105. The SMILES string of the molecule is COc1ccc(C(=O)C(c2ccc(OC)cc2)N(O[Si](C)(C)C)c2ccccc2OC)cc1. The summed E-state index contributed by atoms with van der Waals surface area (Å²) in [5.74, 6) is 1.92. The molecular weight excluding hydrogens is 434 g/mol. The van der Waals surface area contributed by atoms with E-state index in [2.05, 4.69) is 19.6 Å². The minimum Gasteiger partial charge on any atom is -0.497 e. The van der Waals surface area contributed by atoms with Crippen molar-refractivity contribution in [2.75, 3.05) is 26.4 Å². The van der Waals surface area contributed by atoms with Gasteiger partial charge in [0.25, 0.3) is 0 Å². The van der Waals surface area contributed by atoms with E-state index < -0.39 is 14.4 Å². The minimum atomic E-state index is -2.14. The number of hydrogen-bond acceptors (Lipinski definition) is 6. The first-order chi connectivity index (χ1) is 15.8. The molecule has 0 amide bonds. The quantitative estimate of drug-likeness (QED) is 0.211. The lowest BCUT2D eigenvalue weighted by molar-refractivity contribution is 0.0905. The van der Waals surface area contributed by atoms with E-state index in [-0.39, 0.29) is 5.78 Å². The van der Waals surface area contributed by atoms with Crippen LogP contribution in [0.1, 0.15) is 22.0 Å². The molecule has 0 fully saturated rings. The third-order valence-corrected chi connectivity index (χ3v) is 5.73. The Kier molecular flexibility index (Phi) is 7.78. The summed E-state index contributed by atoms with van der Waals surface area (Å²) in [5.41, 5.74) is 2.02. The third-order valence-electron chi connectivity index (χ3n) is 4.98. The molecule has 0 radical (unpaired) electrons. The molecule has 0 saturated heterocycles. The number of carbonyl (C=O) groups excluding carboxylic acids is 1. The van der Waals surface area contributed by atoms with E-state index in [0.717, 1.165) is 5.56 Å². The molecule has 33 heavy (non-hydrogen) atoms. The molecule has 0 saturated carbocycles. The van der Waals surface area contributed by atoms with E-state index in [0.29, 0.717) is 28.5 Å². The van der Waals surface area contributed by atoms with Gasteiger partial charge in [0.15, 0.2) is 5.78 Å². The number of anilines is 1. The third kappa shape index (κ3) is 5.94. The van der Waals surface area contributed by atoms with E-state index in [1.807, 2.05) is 48.5 Å². The number of benzene rings is 3. The smallest absolute Gasteiger partial charge is 0.220 e. The van der Waals surface area contributed by atoms with Crippen molar-refractivity contribution in [2.24, 2.45) is 0 Å². The second-order valence-electron chi connectivity index (χ2n) is 8.47. The van der Waals surface area contributed by atoms with Gasteiger partial charge in [0.2, 0.25) is 8.32 Å². The van der Waals surface area contributed by atoms with Crippen molar-refractivity contribution in [1.82, 2.24) is 0 Å². The maximum absolute atomic E-state index is 14.0. The van der Waals surface area contributed by atoms with Crippen LogP contribution in [0, 0.1) is 0 Å². The summed E-state index contributed by atoms with van der Waals surface area (Å²) >= 11 is 0.